The first-order valence-corrected chi connectivity index (χ1v) is 12.1. The maximum atomic E-state index is 12.6. The van der Waals surface area contributed by atoms with E-state index in [1.807, 2.05) is 25.1 Å². The Morgan fingerprint density at radius 3 is 2.07 bits per heavy atom. The number of rotatable bonds is 6. The van der Waals surface area contributed by atoms with Gasteiger partial charge in [0.15, 0.2) is 0 Å². The molecule has 0 aliphatic heterocycles. The molecule has 0 aromatic heterocycles. The standard InChI is InChI=1S/C21H33NO4Si/c1-15(16(2)27(8,9)17-13-11-10-12-14-17)21(6,18(23)25-7)22-19(24)26-20(3,4)5/h10-15H,2H2,1,3-9H3,(H,22,24)/t15-,21-/m0/s1. The van der Waals surface area contributed by atoms with Crippen LogP contribution in [0.1, 0.15) is 34.6 Å². The number of carbonyl (C=O) groups excluding carboxylic acids is 2. The molecule has 5 nitrogen and oxygen atoms in total. The van der Waals surface area contributed by atoms with Crippen molar-refractivity contribution in [3.05, 3.63) is 42.1 Å². The van der Waals surface area contributed by atoms with E-state index < -0.39 is 31.3 Å². The lowest BCUT2D eigenvalue weighted by Gasteiger charge is -2.39. The molecule has 27 heavy (non-hydrogen) atoms. The Kier molecular flexibility index (Phi) is 7.05. The fourth-order valence-corrected chi connectivity index (χ4v) is 5.76. The molecule has 1 rings (SSSR count). The highest BCUT2D eigenvalue weighted by Crippen LogP contribution is 2.31. The van der Waals surface area contributed by atoms with Crippen LogP contribution in [0.4, 0.5) is 4.79 Å². The van der Waals surface area contributed by atoms with E-state index in [2.05, 4.69) is 37.1 Å². The van der Waals surface area contributed by atoms with Crippen LogP contribution in [-0.2, 0) is 14.3 Å². The van der Waals surface area contributed by atoms with Crippen molar-refractivity contribution in [1.82, 2.24) is 5.32 Å². The molecule has 0 unspecified atom stereocenters. The second-order valence-corrected chi connectivity index (χ2v) is 13.0. The molecule has 1 amide bonds. The van der Waals surface area contributed by atoms with Crippen LogP contribution in [0, 0.1) is 5.92 Å². The van der Waals surface area contributed by atoms with Crippen LogP contribution < -0.4 is 10.5 Å². The Hall–Kier alpha value is -2.08. The van der Waals surface area contributed by atoms with E-state index in [1.165, 1.54) is 12.3 Å². The Morgan fingerprint density at radius 1 is 1.11 bits per heavy atom. The summed E-state index contributed by atoms with van der Waals surface area (Å²) in [5, 5.41) is 4.89. The monoisotopic (exact) mass is 391 g/mol. The minimum atomic E-state index is -2.11. The van der Waals surface area contributed by atoms with Gasteiger partial charge in [0.2, 0.25) is 0 Å². The van der Waals surface area contributed by atoms with Crippen molar-refractivity contribution in [2.45, 2.75) is 58.9 Å². The van der Waals surface area contributed by atoms with Gasteiger partial charge < -0.3 is 14.8 Å². The predicted octanol–water partition coefficient (Wildman–Crippen LogP) is 3.79. The molecule has 1 aromatic carbocycles. The highest BCUT2D eigenvalue weighted by molar-refractivity contribution is 6.95. The van der Waals surface area contributed by atoms with Crippen molar-refractivity contribution in [1.29, 1.82) is 0 Å². The highest BCUT2D eigenvalue weighted by Gasteiger charge is 2.47. The number of methoxy groups -OCH3 is 1. The fourth-order valence-electron chi connectivity index (χ4n) is 2.99. The molecule has 1 aromatic rings. The Balaban J connectivity index is 3.20. The van der Waals surface area contributed by atoms with Gasteiger partial charge in [0.1, 0.15) is 19.2 Å². The van der Waals surface area contributed by atoms with Crippen molar-refractivity contribution in [3.63, 3.8) is 0 Å². The van der Waals surface area contributed by atoms with Crippen LogP contribution in [-0.4, -0.2) is 38.4 Å². The van der Waals surface area contributed by atoms with Gasteiger partial charge in [-0.15, -0.1) is 6.58 Å². The lowest BCUT2D eigenvalue weighted by molar-refractivity contribution is -0.149. The first-order valence-electron chi connectivity index (χ1n) is 9.10. The molecule has 0 bridgehead atoms. The number of ether oxygens (including phenoxy) is 2. The van der Waals surface area contributed by atoms with Gasteiger partial charge in [0.25, 0.3) is 0 Å². The van der Waals surface area contributed by atoms with Crippen molar-refractivity contribution in [2.75, 3.05) is 7.11 Å². The molecule has 150 valence electrons. The van der Waals surface area contributed by atoms with Gasteiger partial charge in [-0.1, -0.05) is 60.7 Å². The lowest BCUT2D eigenvalue weighted by Crippen LogP contribution is -2.61. The van der Waals surface area contributed by atoms with Crippen LogP contribution in [0.5, 0.6) is 0 Å². The summed E-state index contributed by atoms with van der Waals surface area (Å²) in [7, 11) is -0.794. The van der Waals surface area contributed by atoms with Crippen molar-refractivity contribution in [3.8, 4) is 0 Å². The van der Waals surface area contributed by atoms with Gasteiger partial charge in [-0.25, -0.2) is 9.59 Å². The topological polar surface area (TPSA) is 64.6 Å². The van der Waals surface area contributed by atoms with Crippen LogP contribution in [0.3, 0.4) is 0 Å². The molecular formula is C21H33NO4Si. The van der Waals surface area contributed by atoms with E-state index >= 15 is 0 Å². The molecule has 0 saturated heterocycles. The van der Waals surface area contributed by atoms with Crippen molar-refractivity contribution in [2.24, 2.45) is 5.92 Å². The van der Waals surface area contributed by atoms with Crippen LogP contribution >= 0.6 is 0 Å². The SMILES string of the molecule is C=C([C@H](C)[C@](C)(NC(=O)OC(C)(C)C)C(=O)OC)[Si](C)(C)c1ccccc1. The third kappa shape index (κ3) is 5.45. The van der Waals surface area contributed by atoms with E-state index in [1.54, 1.807) is 27.7 Å². The van der Waals surface area contributed by atoms with Gasteiger partial charge in [-0.2, -0.15) is 0 Å². The zero-order valence-corrected chi connectivity index (χ0v) is 18.8. The quantitative estimate of drug-likeness (QED) is 0.592. The third-order valence-corrected chi connectivity index (χ3v) is 8.87. The summed E-state index contributed by atoms with van der Waals surface area (Å²) >= 11 is 0. The summed E-state index contributed by atoms with van der Waals surface area (Å²) in [5.74, 6) is -0.876. The molecule has 0 saturated carbocycles. The van der Waals surface area contributed by atoms with Crippen LogP contribution in [0.15, 0.2) is 42.1 Å². The summed E-state index contributed by atoms with van der Waals surface area (Å²) in [5.41, 5.74) is -1.95. The molecule has 1 N–H and O–H groups in total. The van der Waals surface area contributed by atoms with Gasteiger partial charge in [0, 0.05) is 5.92 Å². The summed E-state index contributed by atoms with van der Waals surface area (Å²) in [6, 6.07) is 10.1. The van der Waals surface area contributed by atoms with Gasteiger partial charge in [-0.05, 0) is 27.7 Å². The molecule has 0 spiro atoms. The molecule has 0 heterocycles. The van der Waals surface area contributed by atoms with E-state index in [9.17, 15) is 9.59 Å². The molecule has 6 heteroatoms. The number of carbonyl (C=O) groups is 2. The molecule has 0 radical (unpaired) electrons. The van der Waals surface area contributed by atoms with E-state index in [-0.39, 0.29) is 5.92 Å². The summed E-state index contributed by atoms with van der Waals surface area (Å²) in [6.07, 6.45) is -0.658. The fraction of sp³-hybridized carbons (Fsp3) is 0.524. The maximum Gasteiger partial charge on any atom is 0.408 e. The average Bonchev–Trinajstić information content (AvgIpc) is 2.58. The van der Waals surface area contributed by atoms with Gasteiger partial charge in [0.05, 0.1) is 7.11 Å². The largest absolute Gasteiger partial charge is 0.467 e. The molecule has 0 fully saturated rings. The summed E-state index contributed by atoms with van der Waals surface area (Å²) in [4.78, 5) is 25.0. The van der Waals surface area contributed by atoms with Crippen LogP contribution in [0.2, 0.25) is 13.1 Å². The third-order valence-electron chi connectivity index (χ3n) is 5.06. The second kappa shape index (κ2) is 8.29. The number of esters is 1. The zero-order chi connectivity index (χ0) is 21.0. The number of amides is 1. The number of alkyl carbamates (subject to hydrolysis) is 1. The first kappa shape index (κ1) is 23.0. The van der Waals surface area contributed by atoms with Gasteiger partial charge >= 0.3 is 12.1 Å². The summed E-state index contributed by atoms with van der Waals surface area (Å²) < 4.78 is 10.4. The van der Waals surface area contributed by atoms with Crippen LogP contribution in [0.25, 0.3) is 0 Å². The van der Waals surface area contributed by atoms with E-state index in [0.717, 1.165) is 5.20 Å². The first-order chi connectivity index (χ1) is 12.3. The number of hydrogen-bond acceptors (Lipinski definition) is 4. The Morgan fingerprint density at radius 2 is 1.63 bits per heavy atom. The zero-order valence-electron chi connectivity index (χ0n) is 17.8. The Bertz CT molecular complexity index is 694. The smallest absolute Gasteiger partial charge is 0.408 e. The lowest BCUT2D eigenvalue weighted by atomic mass is 9.86. The minimum Gasteiger partial charge on any atom is -0.467 e. The van der Waals surface area contributed by atoms with E-state index in [4.69, 9.17) is 9.47 Å². The van der Waals surface area contributed by atoms with Crippen molar-refractivity contribution < 1.29 is 19.1 Å². The molecule has 0 aliphatic carbocycles. The molecular weight excluding hydrogens is 358 g/mol. The Labute approximate surface area is 164 Å². The number of benzene rings is 1. The minimum absolute atomic E-state index is 0.348. The molecule has 2 atom stereocenters. The summed E-state index contributed by atoms with van der Waals surface area (Å²) in [6.45, 7) is 17.6. The number of hydrogen-bond donors (Lipinski definition) is 1. The maximum absolute atomic E-state index is 12.6. The average molecular weight is 392 g/mol. The second-order valence-electron chi connectivity index (χ2n) is 8.56. The van der Waals surface area contributed by atoms with E-state index in [0.29, 0.717) is 0 Å². The van der Waals surface area contributed by atoms with Crippen molar-refractivity contribution >= 4 is 25.3 Å². The van der Waals surface area contributed by atoms with Gasteiger partial charge in [-0.3, -0.25) is 0 Å². The number of nitrogens with one attached hydrogen (secondary N) is 1. The molecule has 0 aliphatic rings. The predicted molar refractivity (Wildman–Crippen MR) is 112 cm³/mol. The normalized spacial score (nSPS) is 15.3. The highest BCUT2D eigenvalue weighted by atomic mass is 28.3.